The maximum Gasteiger partial charge on any atom is 0.332 e. The van der Waals surface area contributed by atoms with Gasteiger partial charge in [-0.2, -0.15) is 0 Å². The highest BCUT2D eigenvalue weighted by Gasteiger charge is 2.48. The van der Waals surface area contributed by atoms with Crippen LogP contribution < -0.4 is 4.90 Å². The van der Waals surface area contributed by atoms with Crippen LogP contribution in [0.25, 0.3) is 10.9 Å². The van der Waals surface area contributed by atoms with Crippen molar-refractivity contribution in [2.24, 2.45) is 0 Å². The summed E-state index contributed by atoms with van der Waals surface area (Å²) in [6.07, 6.45) is 0.506. The topological polar surface area (TPSA) is 73.5 Å². The molecule has 1 atom stereocenters. The second-order valence-corrected chi connectivity index (χ2v) is 7.03. The van der Waals surface area contributed by atoms with Gasteiger partial charge in [-0.1, -0.05) is 18.2 Å². The predicted molar refractivity (Wildman–Crippen MR) is 101 cm³/mol. The number of fused-ring (bicyclic) bond motifs is 4. The minimum atomic E-state index is -0.489. The summed E-state index contributed by atoms with van der Waals surface area (Å²) in [6.45, 7) is 1.88. The molecule has 2 aromatic carbocycles. The number of amides is 3. The Hall–Kier alpha value is -3.41. The van der Waals surface area contributed by atoms with E-state index in [-0.39, 0.29) is 17.7 Å². The molecular weight excluding hydrogens is 342 g/mol. The number of carbonyl (C=O) groups is 3. The monoisotopic (exact) mass is 359 g/mol. The molecule has 1 fully saturated rings. The third kappa shape index (κ3) is 2.23. The summed E-state index contributed by atoms with van der Waals surface area (Å²) in [7, 11) is 0. The second kappa shape index (κ2) is 5.54. The number of nitrogens with one attached hydrogen (secondary N) is 1. The fourth-order valence-corrected chi connectivity index (χ4v) is 4.08. The number of hydrogen-bond donors (Lipinski definition) is 1. The van der Waals surface area contributed by atoms with Crippen LogP contribution in [0.5, 0.6) is 0 Å². The molecule has 2 aliphatic rings. The van der Waals surface area contributed by atoms with Crippen molar-refractivity contribution >= 4 is 34.3 Å². The number of benzene rings is 2. The van der Waals surface area contributed by atoms with E-state index < -0.39 is 6.04 Å². The number of Topliss-reactive ketones (excluding diaryl/α,β-unsaturated/α-hetero) is 1. The van der Waals surface area contributed by atoms with Crippen LogP contribution in [0.4, 0.5) is 10.5 Å². The summed E-state index contributed by atoms with van der Waals surface area (Å²) in [5.74, 6) is -0.269. The molecule has 1 saturated heterocycles. The molecule has 3 amide bonds. The average molecular weight is 359 g/mol. The zero-order valence-corrected chi connectivity index (χ0v) is 14.7. The Balaban J connectivity index is 1.51. The van der Waals surface area contributed by atoms with Gasteiger partial charge in [0.2, 0.25) is 0 Å². The number of carbonyl (C=O) groups excluding carboxylic acids is 3. The number of anilines is 1. The quantitative estimate of drug-likeness (QED) is 0.564. The number of aromatic nitrogens is 1. The highest BCUT2D eigenvalue weighted by Crippen LogP contribution is 2.35. The van der Waals surface area contributed by atoms with E-state index in [1.54, 1.807) is 29.2 Å². The summed E-state index contributed by atoms with van der Waals surface area (Å²) in [5, 5.41) is 1.11. The zero-order chi connectivity index (χ0) is 18.7. The summed E-state index contributed by atoms with van der Waals surface area (Å²) in [5.41, 5.74) is 4.18. The second-order valence-electron chi connectivity index (χ2n) is 7.03. The van der Waals surface area contributed by atoms with Gasteiger partial charge in [0.25, 0.3) is 5.91 Å². The molecule has 1 N–H and O–H groups in total. The van der Waals surface area contributed by atoms with Crippen molar-refractivity contribution in [3.8, 4) is 0 Å². The first-order valence-electron chi connectivity index (χ1n) is 8.88. The number of imide groups is 1. The van der Waals surface area contributed by atoms with Crippen molar-refractivity contribution < 1.29 is 14.4 Å². The van der Waals surface area contributed by atoms with E-state index in [9.17, 15) is 14.4 Å². The van der Waals surface area contributed by atoms with E-state index in [1.165, 1.54) is 11.8 Å². The summed E-state index contributed by atoms with van der Waals surface area (Å²) in [4.78, 5) is 43.7. The Labute approximate surface area is 155 Å². The lowest BCUT2D eigenvalue weighted by Gasteiger charge is -2.26. The molecule has 0 spiro atoms. The average Bonchev–Trinajstić information content (AvgIpc) is 3.15. The Bertz CT molecular complexity index is 1110. The third-order valence-corrected chi connectivity index (χ3v) is 5.48. The number of H-pyrrole nitrogens is 1. The smallest absolute Gasteiger partial charge is 0.332 e. The first-order valence-corrected chi connectivity index (χ1v) is 8.88. The number of hydrogen-bond acceptors (Lipinski definition) is 3. The van der Waals surface area contributed by atoms with E-state index in [2.05, 4.69) is 4.98 Å². The highest BCUT2D eigenvalue weighted by molar-refractivity contribution is 6.21. The van der Waals surface area contributed by atoms with Crippen LogP contribution in [0.1, 0.15) is 28.5 Å². The van der Waals surface area contributed by atoms with Crippen LogP contribution >= 0.6 is 0 Å². The fourth-order valence-electron chi connectivity index (χ4n) is 4.08. The molecule has 3 aromatic rings. The molecule has 134 valence electrons. The molecule has 6 nitrogen and oxygen atoms in total. The number of urea groups is 1. The lowest BCUT2D eigenvalue weighted by molar-refractivity contribution is -0.119. The highest BCUT2D eigenvalue weighted by atomic mass is 16.2. The lowest BCUT2D eigenvalue weighted by Crippen LogP contribution is -2.39. The minimum Gasteiger partial charge on any atom is -0.357 e. The Morgan fingerprint density at radius 1 is 1.07 bits per heavy atom. The van der Waals surface area contributed by atoms with Crippen molar-refractivity contribution in [2.45, 2.75) is 25.9 Å². The van der Waals surface area contributed by atoms with Crippen LogP contribution in [-0.4, -0.2) is 33.6 Å². The molecule has 3 heterocycles. The zero-order valence-electron chi connectivity index (χ0n) is 14.7. The molecule has 1 aromatic heterocycles. The Kier molecular flexibility index (Phi) is 3.25. The molecule has 5 rings (SSSR count). The van der Waals surface area contributed by atoms with Gasteiger partial charge in [-0.25, -0.2) is 9.69 Å². The van der Waals surface area contributed by atoms with Crippen molar-refractivity contribution in [1.82, 2.24) is 9.88 Å². The van der Waals surface area contributed by atoms with E-state index in [0.29, 0.717) is 24.2 Å². The van der Waals surface area contributed by atoms with Gasteiger partial charge in [0.1, 0.15) is 6.04 Å². The largest absolute Gasteiger partial charge is 0.357 e. The van der Waals surface area contributed by atoms with Crippen LogP contribution in [0.15, 0.2) is 48.5 Å². The molecule has 2 aliphatic heterocycles. The maximum atomic E-state index is 13.0. The van der Waals surface area contributed by atoms with Gasteiger partial charge in [-0.15, -0.1) is 0 Å². The Morgan fingerprint density at radius 2 is 1.81 bits per heavy atom. The van der Waals surface area contributed by atoms with E-state index in [1.807, 2.05) is 24.3 Å². The molecule has 0 unspecified atom stereocenters. The number of nitrogens with zero attached hydrogens (tertiary/aromatic N) is 2. The van der Waals surface area contributed by atoms with Crippen LogP contribution in [0.2, 0.25) is 0 Å². The van der Waals surface area contributed by atoms with Gasteiger partial charge in [0, 0.05) is 28.6 Å². The van der Waals surface area contributed by atoms with Crippen molar-refractivity contribution in [2.75, 3.05) is 4.90 Å². The predicted octanol–water partition coefficient (Wildman–Crippen LogP) is 3.26. The third-order valence-electron chi connectivity index (χ3n) is 5.48. The molecule has 0 saturated carbocycles. The number of ketones is 1. The molecule has 27 heavy (non-hydrogen) atoms. The van der Waals surface area contributed by atoms with Crippen molar-refractivity contribution in [3.05, 3.63) is 65.4 Å². The number of rotatable bonds is 2. The summed E-state index contributed by atoms with van der Waals surface area (Å²) >= 11 is 0. The molecule has 0 aliphatic carbocycles. The first kappa shape index (κ1) is 15.8. The van der Waals surface area contributed by atoms with Gasteiger partial charge < -0.3 is 9.88 Å². The fraction of sp³-hybridized carbons (Fsp3) is 0.190. The minimum absolute atomic E-state index is 0.0524. The standard InChI is InChI=1S/C21H17N3O3/c1-12(25)13-6-8-14(9-7-13)24-20(26)19-10-16-15-4-2-3-5-17(15)22-18(16)11-23(19)21(24)27/h2-9,19,22H,10-11H2,1H3/t19-/m0/s1. The van der Waals surface area contributed by atoms with Crippen LogP contribution in [0, 0.1) is 0 Å². The number of aromatic amines is 1. The SMILES string of the molecule is CC(=O)c1ccc(N2C(=O)[C@@H]3Cc4c([nH]c5ccccc45)CN3C2=O)cc1. The van der Waals surface area contributed by atoms with E-state index in [4.69, 9.17) is 0 Å². The van der Waals surface area contributed by atoms with E-state index >= 15 is 0 Å². The summed E-state index contributed by atoms with van der Waals surface area (Å²) < 4.78 is 0. The van der Waals surface area contributed by atoms with Crippen molar-refractivity contribution in [3.63, 3.8) is 0 Å². The molecular formula is C21H17N3O3. The summed E-state index contributed by atoms with van der Waals surface area (Å²) in [6, 6.07) is 13.8. The normalized spacial score (nSPS) is 18.8. The van der Waals surface area contributed by atoms with E-state index in [0.717, 1.165) is 22.2 Å². The van der Waals surface area contributed by atoms with Gasteiger partial charge in [0.05, 0.1) is 12.2 Å². The van der Waals surface area contributed by atoms with Gasteiger partial charge >= 0.3 is 6.03 Å². The molecule has 0 radical (unpaired) electrons. The van der Waals surface area contributed by atoms with Gasteiger partial charge in [-0.3, -0.25) is 9.59 Å². The van der Waals surface area contributed by atoms with Crippen LogP contribution in [-0.2, 0) is 17.8 Å². The van der Waals surface area contributed by atoms with Crippen molar-refractivity contribution in [1.29, 1.82) is 0 Å². The number of para-hydroxylation sites is 1. The maximum absolute atomic E-state index is 13.0. The Morgan fingerprint density at radius 3 is 2.56 bits per heavy atom. The molecule has 0 bridgehead atoms. The van der Waals surface area contributed by atoms with Gasteiger partial charge in [-0.05, 0) is 42.8 Å². The first-order chi connectivity index (χ1) is 13.0. The van der Waals surface area contributed by atoms with Crippen LogP contribution in [0.3, 0.4) is 0 Å². The lowest BCUT2D eigenvalue weighted by atomic mass is 9.97. The molecule has 6 heteroatoms. The van der Waals surface area contributed by atoms with Gasteiger partial charge in [0.15, 0.2) is 5.78 Å².